The molecule has 0 aromatic carbocycles. The summed E-state index contributed by atoms with van der Waals surface area (Å²) in [5.74, 6) is 0.225. The van der Waals surface area contributed by atoms with E-state index >= 15 is 0 Å². The molecule has 1 aliphatic rings. The molecular formula is C12H14N2O2S. The molecule has 1 atom stereocenters. The van der Waals surface area contributed by atoms with Crippen molar-refractivity contribution in [3.63, 3.8) is 0 Å². The maximum atomic E-state index is 11.8. The molecule has 0 N–H and O–H groups in total. The van der Waals surface area contributed by atoms with Crippen LogP contribution in [0.3, 0.4) is 0 Å². The van der Waals surface area contributed by atoms with Crippen molar-refractivity contribution in [2.75, 3.05) is 6.61 Å². The minimum Gasteiger partial charge on any atom is -0.378 e. The summed E-state index contributed by atoms with van der Waals surface area (Å²) in [6.45, 7) is 0.804. The van der Waals surface area contributed by atoms with E-state index in [2.05, 4.69) is 4.98 Å². The summed E-state index contributed by atoms with van der Waals surface area (Å²) in [7, 11) is 0. The van der Waals surface area contributed by atoms with Gasteiger partial charge in [-0.1, -0.05) is 0 Å². The van der Waals surface area contributed by atoms with E-state index in [0.717, 1.165) is 30.1 Å². The average Bonchev–Trinajstić information content (AvgIpc) is 2.92. The molecule has 0 amide bonds. The van der Waals surface area contributed by atoms with Crippen molar-refractivity contribution in [2.45, 2.75) is 31.8 Å². The Balaban J connectivity index is 1.62. The van der Waals surface area contributed by atoms with Gasteiger partial charge in [0.25, 0.3) is 0 Å². The van der Waals surface area contributed by atoms with Crippen LogP contribution < -0.4 is 0 Å². The monoisotopic (exact) mass is 250 g/mol. The quantitative estimate of drug-likeness (QED) is 0.834. The highest BCUT2D eigenvalue weighted by Crippen LogP contribution is 2.17. The molecule has 1 unspecified atom stereocenters. The third-order valence-electron chi connectivity index (χ3n) is 3.00. The molecule has 0 aliphatic carbocycles. The lowest BCUT2D eigenvalue weighted by Gasteiger charge is -2.06. The molecule has 2 aromatic heterocycles. The van der Waals surface area contributed by atoms with Gasteiger partial charge in [0.05, 0.1) is 18.2 Å². The summed E-state index contributed by atoms with van der Waals surface area (Å²) in [6.07, 6.45) is 7.09. The lowest BCUT2D eigenvalue weighted by molar-refractivity contribution is -0.120. The molecule has 3 rings (SSSR count). The van der Waals surface area contributed by atoms with Gasteiger partial charge in [0.15, 0.2) is 4.96 Å². The van der Waals surface area contributed by atoms with Crippen LogP contribution in [-0.2, 0) is 16.0 Å². The largest absolute Gasteiger partial charge is 0.378 e. The van der Waals surface area contributed by atoms with Gasteiger partial charge in [0.1, 0.15) is 5.78 Å². The fourth-order valence-corrected chi connectivity index (χ4v) is 2.91. The molecule has 0 saturated carbocycles. The van der Waals surface area contributed by atoms with Crippen molar-refractivity contribution in [3.05, 3.63) is 23.5 Å². The molecule has 0 spiro atoms. The number of hydrogen-bond donors (Lipinski definition) is 0. The molecule has 3 heterocycles. The van der Waals surface area contributed by atoms with Crippen LogP contribution in [0.4, 0.5) is 0 Å². The lowest BCUT2D eigenvalue weighted by Crippen LogP contribution is -2.14. The van der Waals surface area contributed by atoms with E-state index in [1.54, 1.807) is 11.3 Å². The highest BCUT2D eigenvalue weighted by Gasteiger charge is 2.19. The molecule has 5 heteroatoms. The third-order valence-corrected chi connectivity index (χ3v) is 3.77. The van der Waals surface area contributed by atoms with Gasteiger partial charge in [-0.3, -0.25) is 9.20 Å². The van der Waals surface area contributed by atoms with Gasteiger partial charge in [0, 0.05) is 30.8 Å². The number of rotatable bonds is 4. The van der Waals surface area contributed by atoms with Gasteiger partial charge in [-0.15, -0.1) is 11.3 Å². The summed E-state index contributed by atoms with van der Waals surface area (Å²) < 4.78 is 7.42. The van der Waals surface area contributed by atoms with E-state index in [4.69, 9.17) is 4.74 Å². The van der Waals surface area contributed by atoms with Gasteiger partial charge in [0.2, 0.25) is 0 Å². The third kappa shape index (κ3) is 2.40. The fraction of sp³-hybridized carbons (Fsp3) is 0.500. The zero-order valence-electron chi connectivity index (χ0n) is 9.46. The van der Waals surface area contributed by atoms with E-state index < -0.39 is 0 Å². The SMILES string of the molecule is O=C(Cc1cn2ccsc2n1)CC1CCCO1. The number of ether oxygens (including phenoxy) is 1. The smallest absolute Gasteiger partial charge is 0.193 e. The first kappa shape index (κ1) is 10.9. The van der Waals surface area contributed by atoms with Crippen LogP contribution in [0, 0.1) is 0 Å². The number of fused-ring (bicyclic) bond motifs is 1. The van der Waals surface area contributed by atoms with E-state index in [0.29, 0.717) is 12.8 Å². The molecule has 2 aromatic rings. The summed E-state index contributed by atoms with van der Waals surface area (Å²) >= 11 is 1.58. The first-order valence-corrected chi connectivity index (χ1v) is 6.73. The number of carbonyl (C=O) groups excluding carboxylic acids is 1. The Morgan fingerprint density at radius 1 is 1.65 bits per heavy atom. The summed E-state index contributed by atoms with van der Waals surface area (Å²) in [5.41, 5.74) is 0.861. The Bertz CT molecular complexity index is 497. The van der Waals surface area contributed by atoms with Gasteiger partial charge in [-0.2, -0.15) is 0 Å². The first-order valence-electron chi connectivity index (χ1n) is 5.85. The van der Waals surface area contributed by atoms with Gasteiger partial charge < -0.3 is 4.74 Å². The zero-order valence-corrected chi connectivity index (χ0v) is 10.3. The Kier molecular flexibility index (Phi) is 2.94. The van der Waals surface area contributed by atoms with E-state index in [1.165, 1.54) is 0 Å². The predicted molar refractivity (Wildman–Crippen MR) is 65.4 cm³/mol. The van der Waals surface area contributed by atoms with Crippen LogP contribution in [0.5, 0.6) is 0 Å². The lowest BCUT2D eigenvalue weighted by atomic mass is 10.1. The average molecular weight is 250 g/mol. The number of hydrogen-bond acceptors (Lipinski definition) is 4. The van der Waals surface area contributed by atoms with Crippen molar-refractivity contribution < 1.29 is 9.53 Å². The minimum absolute atomic E-state index is 0.145. The number of thiazole rings is 1. The van der Waals surface area contributed by atoms with Crippen LogP contribution in [0.2, 0.25) is 0 Å². The number of aromatic nitrogens is 2. The first-order chi connectivity index (χ1) is 8.31. The normalized spacial score (nSPS) is 20.1. The van der Waals surface area contributed by atoms with Gasteiger partial charge in [-0.05, 0) is 12.8 Å². The maximum Gasteiger partial charge on any atom is 0.193 e. The molecule has 1 saturated heterocycles. The molecule has 90 valence electrons. The number of ketones is 1. The van der Waals surface area contributed by atoms with E-state index in [-0.39, 0.29) is 11.9 Å². The Labute approximate surface area is 103 Å². The summed E-state index contributed by atoms with van der Waals surface area (Å²) in [5, 5.41) is 1.99. The van der Waals surface area contributed by atoms with Crippen molar-refractivity contribution in [1.29, 1.82) is 0 Å². The van der Waals surface area contributed by atoms with Crippen LogP contribution in [0.1, 0.15) is 25.0 Å². The number of Topliss-reactive ketones (excluding diaryl/α,β-unsaturated/α-hetero) is 1. The second-order valence-corrected chi connectivity index (χ2v) is 5.25. The molecule has 0 radical (unpaired) electrons. The standard InChI is InChI=1S/C12H14N2O2S/c15-10(7-11-2-1-4-16-11)6-9-8-14-3-5-17-12(14)13-9/h3,5,8,11H,1-2,4,6-7H2. The van der Waals surface area contributed by atoms with Crippen molar-refractivity contribution >= 4 is 22.1 Å². The Hall–Kier alpha value is -1.20. The minimum atomic E-state index is 0.145. The van der Waals surface area contributed by atoms with E-state index in [1.807, 2.05) is 22.2 Å². The molecular weight excluding hydrogens is 236 g/mol. The van der Waals surface area contributed by atoms with Crippen molar-refractivity contribution in [2.24, 2.45) is 0 Å². The van der Waals surface area contributed by atoms with Crippen LogP contribution in [0.15, 0.2) is 17.8 Å². The zero-order chi connectivity index (χ0) is 11.7. The van der Waals surface area contributed by atoms with Crippen LogP contribution in [-0.4, -0.2) is 27.9 Å². The highest BCUT2D eigenvalue weighted by molar-refractivity contribution is 7.15. The Morgan fingerprint density at radius 2 is 2.59 bits per heavy atom. The number of nitrogens with zero attached hydrogens (tertiary/aromatic N) is 2. The van der Waals surface area contributed by atoms with Crippen LogP contribution >= 0.6 is 11.3 Å². The van der Waals surface area contributed by atoms with Crippen molar-refractivity contribution in [1.82, 2.24) is 9.38 Å². The molecule has 17 heavy (non-hydrogen) atoms. The Morgan fingerprint density at radius 3 is 3.35 bits per heavy atom. The van der Waals surface area contributed by atoms with Crippen LogP contribution in [0.25, 0.3) is 4.96 Å². The number of carbonyl (C=O) groups is 1. The molecule has 0 bridgehead atoms. The topological polar surface area (TPSA) is 43.6 Å². The number of imidazole rings is 1. The maximum absolute atomic E-state index is 11.8. The summed E-state index contributed by atoms with van der Waals surface area (Å²) in [4.78, 5) is 17.2. The molecule has 1 aliphatic heterocycles. The molecule has 4 nitrogen and oxygen atoms in total. The predicted octanol–water partition coefficient (Wildman–Crippen LogP) is 2.08. The van der Waals surface area contributed by atoms with Gasteiger partial charge >= 0.3 is 0 Å². The van der Waals surface area contributed by atoms with E-state index in [9.17, 15) is 4.79 Å². The fourth-order valence-electron chi connectivity index (χ4n) is 2.19. The second kappa shape index (κ2) is 4.58. The van der Waals surface area contributed by atoms with Crippen molar-refractivity contribution in [3.8, 4) is 0 Å². The molecule has 1 fully saturated rings. The highest BCUT2D eigenvalue weighted by atomic mass is 32.1. The second-order valence-electron chi connectivity index (χ2n) is 4.38. The summed E-state index contributed by atoms with van der Waals surface area (Å²) in [6, 6.07) is 0. The van der Waals surface area contributed by atoms with Gasteiger partial charge in [-0.25, -0.2) is 4.98 Å².